The summed E-state index contributed by atoms with van der Waals surface area (Å²) in [6.45, 7) is 1.32. The van der Waals surface area contributed by atoms with E-state index in [1.807, 2.05) is 4.90 Å². The van der Waals surface area contributed by atoms with E-state index in [1.165, 1.54) is 0 Å². The maximum Gasteiger partial charge on any atom is 0.229 e. The molecule has 1 amide bonds. The van der Waals surface area contributed by atoms with Gasteiger partial charge < -0.3 is 10.2 Å². The number of pyridine rings is 1. The van der Waals surface area contributed by atoms with Crippen LogP contribution in [-0.2, 0) is 4.79 Å². The van der Waals surface area contributed by atoms with Crippen LogP contribution in [0.2, 0.25) is 0 Å². The minimum Gasteiger partial charge on any atom is -0.359 e. The molecule has 2 heterocycles. The number of aromatic nitrogens is 1. The van der Waals surface area contributed by atoms with E-state index in [0.29, 0.717) is 16.8 Å². The van der Waals surface area contributed by atoms with Crippen LogP contribution in [0.25, 0.3) is 0 Å². The van der Waals surface area contributed by atoms with Gasteiger partial charge in [-0.05, 0) is 34.5 Å². The van der Waals surface area contributed by atoms with E-state index in [9.17, 15) is 9.18 Å². The van der Waals surface area contributed by atoms with Crippen LogP contribution < -0.4 is 10.2 Å². The Labute approximate surface area is 107 Å². The molecule has 0 unspecified atom stereocenters. The number of carbonyl (C=O) groups excluding carboxylic acids is 1. The number of amides is 1. The van der Waals surface area contributed by atoms with Crippen molar-refractivity contribution < 1.29 is 9.18 Å². The highest BCUT2D eigenvalue weighted by Gasteiger charge is 2.28. The quantitative estimate of drug-likeness (QED) is 0.843. The molecule has 0 spiro atoms. The molecule has 1 saturated heterocycles. The highest BCUT2D eigenvalue weighted by molar-refractivity contribution is 9.10. The van der Waals surface area contributed by atoms with Crippen molar-refractivity contribution in [1.29, 1.82) is 0 Å². The van der Waals surface area contributed by atoms with Crippen LogP contribution in [-0.4, -0.2) is 31.0 Å². The number of nitrogens with one attached hydrogen (secondary N) is 1. The van der Waals surface area contributed by atoms with Crippen molar-refractivity contribution >= 4 is 27.7 Å². The van der Waals surface area contributed by atoms with Crippen LogP contribution in [0, 0.1) is 11.9 Å². The van der Waals surface area contributed by atoms with Gasteiger partial charge >= 0.3 is 0 Å². The minimum absolute atomic E-state index is 0.0325. The van der Waals surface area contributed by atoms with E-state index in [-0.39, 0.29) is 11.8 Å². The Bertz CT molecular complexity index is 441. The fourth-order valence-corrected chi connectivity index (χ4v) is 2.19. The highest BCUT2D eigenvalue weighted by atomic mass is 79.9. The molecular formula is C11H13BrFN3O. The van der Waals surface area contributed by atoms with Gasteiger partial charge in [0.05, 0.1) is 10.4 Å². The predicted octanol–water partition coefficient (Wildman–Crippen LogP) is 1.56. The lowest BCUT2D eigenvalue weighted by Crippen LogP contribution is -2.30. The Kier molecular flexibility index (Phi) is 3.61. The molecule has 92 valence electrons. The van der Waals surface area contributed by atoms with Gasteiger partial charge in [-0.25, -0.2) is 4.98 Å². The Hall–Kier alpha value is -1.17. The fraction of sp³-hybridized carbons (Fsp3) is 0.455. The summed E-state index contributed by atoms with van der Waals surface area (Å²) in [4.78, 5) is 17.3. The number of rotatable bonds is 2. The van der Waals surface area contributed by atoms with Gasteiger partial charge in [0.2, 0.25) is 11.9 Å². The van der Waals surface area contributed by atoms with Crippen molar-refractivity contribution in [3.63, 3.8) is 0 Å². The Balaban J connectivity index is 2.10. The largest absolute Gasteiger partial charge is 0.359 e. The average molecular weight is 302 g/mol. The second kappa shape index (κ2) is 5.00. The molecule has 17 heavy (non-hydrogen) atoms. The van der Waals surface area contributed by atoms with E-state index in [1.54, 1.807) is 19.2 Å². The van der Waals surface area contributed by atoms with E-state index in [0.717, 1.165) is 13.0 Å². The van der Waals surface area contributed by atoms with E-state index >= 15 is 0 Å². The molecule has 0 bridgehead atoms. The van der Waals surface area contributed by atoms with Crippen molar-refractivity contribution in [3.05, 3.63) is 22.6 Å². The molecule has 0 aliphatic carbocycles. The minimum atomic E-state index is -0.522. The molecule has 2 rings (SSSR count). The van der Waals surface area contributed by atoms with Crippen LogP contribution in [0.5, 0.6) is 0 Å². The molecule has 0 saturated carbocycles. The van der Waals surface area contributed by atoms with Crippen molar-refractivity contribution in [3.8, 4) is 0 Å². The Morgan fingerprint density at radius 1 is 1.65 bits per heavy atom. The topological polar surface area (TPSA) is 45.2 Å². The lowest BCUT2D eigenvalue weighted by Gasteiger charge is -2.17. The summed E-state index contributed by atoms with van der Waals surface area (Å²) in [5.74, 6) is 0.0570. The lowest BCUT2D eigenvalue weighted by atomic mass is 10.1. The van der Waals surface area contributed by atoms with Gasteiger partial charge in [-0.3, -0.25) is 4.79 Å². The number of carbonyl (C=O) groups is 1. The first-order chi connectivity index (χ1) is 8.11. The maximum absolute atomic E-state index is 13.3. The molecule has 6 heteroatoms. The molecule has 1 fully saturated rings. The first-order valence-electron chi connectivity index (χ1n) is 5.40. The number of hydrogen-bond donors (Lipinski definition) is 1. The first kappa shape index (κ1) is 12.3. The molecule has 0 aromatic carbocycles. The van der Waals surface area contributed by atoms with Gasteiger partial charge in [0, 0.05) is 20.1 Å². The lowest BCUT2D eigenvalue weighted by molar-refractivity contribution is -0.123. The number of nitrogens with zero attached hydrogens (tertiary/aromatic N) is 2. The summed E-state index contributed by atoms with van der Waals surface area (Å²) >= 11 is 3.06. The standard InChI is InChI=1S/C11H13BrFN3O/c1-14-11(17)7-4-5-16(6-7)9-3-2-8(12)10(13)15-9/h2-3,7H,4-6H2,1H3,(H,14,17)/t7-/m0/s1. The van der Waals surface area contributed by atoms with E-state index in [2.05, 4.69) is 26.2 Å². The zero-order valence-electron chi connectivity index (χ0n) is 9.41. The monoisotopic (exact) mass is 301 g/mol. The van der Waals surface area contributed by atoms with E-state index in [4.69, 9.17) is 0 Å². The fourth-order valence-electron chi connectivity index (χ4n) is 1.97. The zero-order chi connectivity index (χ0) is 12.4. The Morgan fingerprint density at radius 3 is 3.06 bits per heavy atom. The Morgan fingerprint density at radius 2 is 2.41 bits per heavy atom. The molecule has 1 aromatic rings. The third kappa shape index (κ3) is 2.57. The summed E-state index contributed by atoms with van der Waals surface area (Å²) in [6.07, 6.45) is 0.777. The molecule has 1 aliphatic rings. The molecule has 4 nitrogen and oxygen atoms in total. The maximum atomic E-state index is 13.3. The molecule has 1 N–H and O–H groups in total. The first-order valence-corrected chi connectivity index (χ1v) is 6.19. The second-order valence-corrected chi connectivity index (χ2v) is 4.84. The van der Waals surface area contributed by atoms with Gasteiger partial charge in [-0.15, -0.1) is 0 Å². The third-order valence-electron chi connectivity index (χ3n) is 2.92. The average Bonchev–Trinajstić information content (AvgIpc) is 2.81. The van der Waals surface area contributed by atoms with Gasteiger partial charge in [-0.2, -0.15) is 4.39 Å². The van der Waals surface area contributed by atoms with Gasteiger partial charge in [0.15, 0.2) is 0 Å². The van der Waals surface area contributed by atoms with Crippen LogP contribution in [0.1, 0.15) is 6.42 Å². The van der Waals surface area contributed by atoms with Gasteiger partial charge in [-0.1, -0.05) is 0 Å². The second-order valence-electron chi connectivity index (χ2n) is 3.99. The van der Waals surface area contributed by atoms with Gasteiger partial charge in [0.1, 0.15) is 5.82 Å². The van der Waals surface area contributed by atoms with E-state index < -0.39 is 5.95 Å². The van der Waals surface area contributed by atoms with Crippen molar-refractivity contribution in [2.75, 3.05) is 25.0 Å². The summed E-state index contributed by atoms with van der Waals surface area (Å²) in [5, 5.41) is 2.63. The number of halogens is 2. The predicted molar refractivity (Wildman–Crippen MR) is 66.3 cm³/mol. The van der Waals surface area contributed by atoms with Crippen LogP contribution in [0.3, 0.4) is 0 Å². The number of hydrogen-bond acceptors (Lipinski definition) is 3. The normalized spacial score (nSPS) is 19.5. The number of anilines is 1. The van der Waals surface area contributed by atoms with Crippen LogP contribution in [0.4, 0.5) is 10.2 Å². The van der Waals surface area contributed by atoms with Gasteiger partial charge in [0.25, 0.3) is 0 Å². The summed E-state index contributed by atoms with van der Waals surface area (Å²) in [5.41, 5.74) is 0. The van der Waals surface area contributed by atoms with Crippen molar-refractivity contribution in [2.24, 2.45) is 5.92 Å². The zero-order valence-corrected chi connectivity index (χ0v) is 11.0. The molecule has 1 aliphatic heterocycles. The summed E-state index contributed by atoms with van der Waals surface area (Å²) < 4.78 is 13.6. The smallest absolute Gasteiger partial charge is 0.229 e. The summed E-state index contributed by atoms with van der Waals surface area (Å²) in [7, 11) is 1.63. The summed E-state index contributed by atoms with van der Waals surface area (Å²) in [6, 6.07) is 3.38. The SMILES string of the molecule is CNC(=O)[C@H]1CCN(c2ccc(Br)c(F)n2)C1. The van der Waals surface area contributed by atoms with Crippen molar-refractivity contribution in [2.45, 2.75) is 6.42 Å². The third-order valence-corrected chi connectivity index (χ3v) is 3.51. The highest BCUT2D eigenvalue weighted by Crippen LogP contribution is 2.24. The molecule has 0 radical (unpaired) electrons. The van der Waals surface area contributed by atoms with Crippen LogP contribution in [0.15, 0.2) is 16.6 Å². The molecule has 1 atom stereocenters. The van der Waals surface area contributed by atoms with Crippen molar-refractivity contribution in [1.82, 2.24) is 10.3 Å². The van der Waals surface area contributed by atoms with Crippen LogP contribution >= 0.6 is 15.9 Å². The molecule has 1 aromatic heterocycles. The molecular weight excluding hydrogens is 289 g/mol.